The largest absolute Gasteiger partial charge is 0.395 e. The van der Waals surface area contributed by atoms with E-state index in [-0.39, 0.29) is 12.5 Å². The van der Waals surface area contributed by atoms with Crippen LogP contribution in [0.1, 0.15) is 36.1 Å². The number of rotatable bonds is 6. The molecule has 1 aliphatic carbocycles. The minimum absolute atomic E-state index is 0.0628. The summed E-state index contributed by atoms with van der Waals surface area (Å²) in [5.41, 5.74) is 4.81. The summed E-state index contributed by atoms with van der Waals surface area (Å²) in [4.78, 5) is 13.5. The van der Waals surface area contributed by atoms with E-state index in [2.05, 4.69) is 34.5 Å². The van der Waals surface area contributed by atoms with Gasteiger partial charge in [0.15, 0.2) is 0 Å². The van der Waals surface area contributed by atoms with Gasteiger partial charge in [-0.3, -0.25) is 9.69 Å². The second kappa shape index (κ2) is 7.60. The van der Waals surface area contributed by atoms with Crippen LogP contribution in [0.15, 0.2) is 48.5 Å². The second-order valence-corrected chi connectivity index (χ2v) is 6.33. The van der Waals surface area contributed by atoms with Crippen molar-refractivity contribution >= 4 is 11.6 Å². The van der Waals surface area contributed by atoms with Gasteiger partial charge in [-0.2, -0.15) is 0 Å². The Labute approximate surface area is 143 Å². The summed E-state index contributed by atoms with van der Waals surface area (Å²) in [6.07, 6.45) is 2.20. The van der Waals surface area contributed by atoms with Crippen molar-refractivity contribution in [3.8, 4) is 0 Å². The van der Waals surface area contributed by atoms with Crippen LogP contribution in [0.3, 0.4) is 0 Å². The summed E-state index contributed by atoms with van der Waals surface area (Å²) >= 11 is 0. The third-order valence-corrected chi connectivity index (χ3v) is 4.59. The Morgan fingerprint density at radius 1 is 1.21 bits per heavy atom. The number of hydrogen-bond acceptors (Lipinski definition) is 3. The van der Waals surface area contributed by atoms with Crippen LogP contribution in [0.2, 0.25) is 0 Å². The Balaban J connectivity index is 1.74. The number of aliphatic hydroxyl groups excluding tert-OH is 1. The van der Waals surface area contributed by atoms with Gasteiger partial charge in [-0.05, 0) is 41.7 Å². The lowest BCUT2D eigenvalue weighted by molar-refractivity contribution is -0.114. The van der Waals surface area contributed by atoms with Gasteiger partial charge in [0.1, 0.15) is 0 Å². The van der Waals surface area contributed by atoms with E-state index in [0.717, 1.165) is 25.1 Å². The maximum absolute atomic E-state index is 11.1. The molecule has 2 aromatic carbocycles. The van der Waals surface area contributed by atoms with Gasteiger partial charge in [0.25, 0.3) is 0 Å². The predicted octanol–water partition coefficient (Wildman–Crippen LogP) is 3.13. The maximum atomic E-state index is 11.1. The van der Waals surface area contributed by atoms with E-state index in [0.29, 0.717) is 12.6 Å². The van der Waals surface area contributed by atoms with E-state index in [1.54, 1.807) is 0 Å². The fraction of sp³-hybridized carbons (Fsp3) is 0.350. The first-order valence-corrected chi connectivity index (χ1v) is 8.46. The molecule has 3 rings (SSSR count). The van der Waals surface area contributed by atoms with Crippen molar-refractivity contribution in [2.45, 2.75) is 32.4 Å². The molecular formula is C20H24N2O2. The Morgan fingerprint density at radius 3 is 2.67 bits per heavy atom. The number of anilines is 1. The lowest BCUT2D eigenvalue weighted by atomic mass is 10.1. The summed E-state index contributed by atoms with van der Waals surface area (Å²) in [5, 5.41) is 12.3. The van der Waals surface area contributed by atoms with Crippen LogP contribution in [-0.2, 0) is 17.8 Å². The molecule has 0 saturated carbocycles. The highest BCUT2D eigenvalue weighted by atomic mass is 16.3. The van der Waals surface area contributed by atoms with E-state index in [9.17, 15) is 9.90 Å². The molecule has 24 heavy (non-hydrogen) atoms. The third kappa shape index (κ3) is 3.83. The average molecular weight is 324 g/mol. The third-order valence-electron chi connectivity index (χ3n) is 4.59. The summed E-state index contributed by atoms with van der Waals surface area (Å²) in [7, 11) is 0. The summed E-state index contributed by atoms with van der Waals surface area (Å²) in [6, 6.07) is 16.9. The van der Waals surface area contributed by atoms with Gasteiger partial charge in [0.2, 0.25) is 5.91 Å². The highest BCUT2D eigenvalue weighted by molar-refractivity contribution is 5.88. The fourth-order valence-corrected chi connectivity index (χ4v) is 3.52. The highest BCUT2D eigenvalue weighted by Crippen LogP contribution is 2.36. The summed E-state index contributed by atoms with van der Waals surface area (Å²) < 4.78 is 0. The van der Waals surface area contributed by atoms with Crippen molar-refractivity contribution < 1.29 is 9.90 Å². The molecule has 2 aromatic rings. The first kappa shape index (κ1) is 16.7. The SMILES string of the molecule is CC(=O)Nc1ccc(CN(CCO)C2CCc3ccccc32)cc1. The highest BCUT2D eigenvalue weighted by Gasteiger charge is 2.27. The molecule has 1 amide bonds. The second-order valence-electron chi connectivity index (χ2n) is 6.33. The Kier molecular flexibility index (Phi) is 5.28. The van der Waals surface area contributed by atoms with Crippen molar-refractivity contribution in [2.24, 2.45) is 0 Å². The summed E-state index contributed by atoms with van der Waals surface area (Å²) in [6.45, 7) is 3.11. The molecule has 0 bridgehead atoms. The van der Waals surface area contributed by atoms with Gasteiger partial charge in [0.05, 0.1) is 6.61 Å². The fourth-order valence-electron chi connectivity index (χ4n) is 3.52. The first-order chi connectivity index (χ1) is 11.7. The van der Waals surface area contributed by atoms with Crippen molar-refractivity contribution in [1.29, 1.82) is 0 Å². The average Bonchev–Trinajstić information content (AvgIpc) is 3.00. The zero-order valence-electron chi connectivity index (χ0n) is 14.0. The monoisotopic (exact) mass is 324 g/mol. The van der Waals surface area contributed by atoms with Gasteiger partial charge in [-0.1, -0.05) is 36.4 Å². The van der Waals surface area contributed by atoms with Crippen LogP contribution in [0.25, 0.3) is 0 Å². The molecule has 0 radical (unpaired) electrons. The van der Waals surface area contributed by atoms with E-state index in [1.165, 1.54) is 23.6 Å². The molecule has 0 heterocycles. The number of nitrogens with zero attached hydrogens (tertiary/aromatic N) is 1. The minimum atomic E-state index is -0.0628. The van der Waals surface area contributed by atoms with E-state index < -0.39 is 0 Å². The summed E-state index contributed by atoms with van der Waals surface area (Å²) in [5.74, 6) is -0.0628. The zero-order valence-corrected chi connectivity index (χ0v) is 14.0. The minimum Gasteiger partial charge on any atom is -0.395 e. The number of hydrogen-bond donors (Lipinski definition) is 2. The molecule has 2 N–H and O–H groups in total. The lowest BCUT2D eigenvalue weighted by Gasteiger charge is -2.29. The maximum Gasteiger partial charge on any atom is 0.221 e. The number of fused-ring (bicyclic) bond motifs is 1. The normalized spacial score (nSPS) is 16.2. The standard InChI is InChI=1S/C20H24N2O2/c1-15(24)21-18-9-6-16(7-10-18)14-22(12-13-23)20-11-8-17-4-2-3-5-19(17)20/h2-7,9-10,20,23H,8,11-14H2,1H3,(H,21,24). The molecule has 1 atom stereocenters. The van der Waals surface area contributed by atoms with Gasteiger partial charge in [-0.25, -0.2) is 0 Å². The quantitative estimate of drug-likeness (QED) is 0.858. The van der Waals surface area contributed by atoms with Crippen molar-refractivity contribution in [2.75, 3.05) is 18.5 Å². The number of nitrogens with one attached hydrogen (secondary N) is 1. The van der Waals surface area contributed by atoms with Gasteiger partial charge >= 0.3 is 0 Å². The molecule has 1 aliphatic rings. The van der Waals surface area contributed by atoms with Crippen LogP contribution in [-0.4, -0.2) is 29.1 Å². The molecule has 4 nitrogen and oxygen atoms in total. The molecule has 0 aliphatic heterocycles. The van der Waals surface area contributed by atoms with Gasteiger partial charge in [-0.15, -0.1) is 0 Å². The number of carbonyl (C=O) groups excluding carboxylic acids is 1. The molecular weight excluding hydrogens is 300 g/mol. The van der Waals surface area contributed by atoms with Crippen LogP contribution in [0, 0.1) is 0 Å². The molecule has 0 saturated heterocycles. The molecule has 0 fully saturated rings. The van der Waals surface area contributed by atoms with E-state index in [4.69, 9.17) is 0 Å². The first-order valence-electron chi connectivity index (χ1n) is 8.46. The number of benzene rings is 2. The number of aryl methyl sites for hydroxylation is 1. The molecule has 0 aromatic heterocycles. The van der Waals surface area contributed by atoms with Crippen molar-refractivity contribution in [3.63, 3.8) is 0 Å². The Bertz CT molecular complexity index is 697. The number of aliphatic hydroxyl groups is 1. The predicted molar refractivity (Wildman–Crippen MR) is 95.7 cm³/mol. The van der Waals surface area contributed by atoms with Crippen molar-refractivity contribution in [1.82, 2.24) is 4.90 Å². The smallest absolute Gasteiger partial charge is 0.221 e. The van der Waals surface area contributed by atoms with Crippen molar-refractivity contribution in [3.05, 3.63) is 65.2 Å². The molecule has 1 unspecified atom stereocenters. The van der Waals surface area contributed by atoms with Gasteiger partial charge < -0.3 is 10.4 Å². The number of amides is 1. The van der Waals surface area contributed by atoms with Crippen LogP contribution in [0.4, 0.5) is 5.69 Å². The van der Waals surface area contributed by atoms with E-state index >= 15 is 0 Å². The zero-order chi connectivity index (χ0) is 16.9. The van der Waals surface area contributed by atoms with Crippen LogP contribution in [0.5, 0.6) is 0 Å². The molecule has 0 spiro atoms. The van der Waals surface area contributed by atoms with E-state index in [1.807, 2.05) is 24.3 Å². The lowest BCUT2D eigenvalue weighted by Crippen LogP contribution is -2.30. The Morgan fingerprint density at radius 2 is 1.96 bits per heavy atom. The topological polar surface area (TPSA) is 52.6 Å². The Hall–Kier alpha value is -2.17. The number of carbonyl (C=O) groups is 1. The van der Waals surface area contributed by atoms with Crippen LogP contribution >= 0.6 is 0 Å². The van der Waals surface area contributed by atoms with Crippen LogP contribution < -0.4 is 5.32 Å². The van der Waals surface area contributed by atoms with Gasteiger partial charge in [0, 0.05) is 31.7 Å². The molecule has 4 heteroatoms. The molecule has 126 valence electrons.